The summed E-state index contributed by atoms with van der Waals surface area (Å²) in [5.41, 5.74) is 4.09. The minimum atomic E-state index is -0.819. The molecule has 1 aliphatic rings. The molecule has 0 N–H and O–H groups in total. The van der Waals surface area contributed by atoms with Crippen LogP contribution in [0.3, 0.4) is 0 Å². The molecule has 0 spiro atoms. The normalized spacial score (nSPS) is 14.4. The molecule has 4 heteroatoms. The van der Waals surface area contributed by atoms with E-state index in [4.69, 9.17) is 4.74 Å². The fraction of sp³-hybridized carbons (Fsp3) is 0.238. The molecule has 25 heavy (non-hydrogen) atoms. The van der Waals surface area contributed by atoms with Gasteiger partial charge in [0.15, 0.2) is 6.10 Å². The van der Waals surface area contributed by atoms with Crippen LogP contribution >= 0.6 is 0 Å². The number of benzene rings is 2. The molecule has 1 aliphatic heterocycles. The molecule has 0 saturated carbocycles. The van der Waals surface area contributed by atoms with Crippen LogP contribution in [-0.2, 0) is 20.7 Å². The summed E-state index contributed by atoms with van der Waals surface area (Å²) >= 11 is 0. The molecular formula is C21H21NO3. The van der Waals surface area contributed by atoms with E-state index in [2.05, 4.69) is 0 Å². The molecule has 2 aromatic rings. The summed E-state index contributed by atoms with van der Waals surface area (Å²) in [6.45, 7) is 4.23. The maximum absolute atomic E-state index is 12.6. The van der Waals surface area contributed by atoms with Gasteiger partial charge in [-0.05, 0) is 43.5 Å². The van der Waals surface area contributed by atoms with Crippen molar-refractivity contribution in [1.82, 2.24) is 0 Å². The van der Waals surface area contributed by atoms with Gasteiger partial charge in [-0.3, -0.25) is 4.79 Å². The molecule has 0 unspecified atom stereocenters. The summed E-state index contributed by atoms with van der Waals surface area (Å²) in [5, 5.41) is 0. The van der Waals surface area contributed by atoms with E-state index in [1.54, 1.807) is 17.9 Å². The number of carbonyl (C=O) groups excluding carboxylic acids is 2. The first-order chi connectivity index (χ1) is 12.0. The lowest BCUT2D eigenvalue weighted by Crippen LogP contribution is -2.38. The van der Waals surface area contributed by atoms with Gasteiger partial charge in [-0.25, -0.2) is 4.79 Å². The van der Waals surface area contributed by atoms with Crippen molar-refractivity contribution in [2.75, 3.05) is 11.4 Å². The van der Waals surface area contributed by atoms with Crippen LogP contribution in [0.2, 0.25) is 0 Å². The highest BCUT2D eigenvalue weighted by molar-refractivity contribution is 6.00. The van der Waals surface area contributed by atoms with Gasteiger partial charge in [-0.15, -0.1) is 0 Å². The molecule has 128 valence electrons. The molecule has 1 atom stereocenters. The topological polar surface area (TPSA) is 46.6 Å². The van der Waals surface area contributed by atoms with E-state index in [-0.39, 0.29) is 5.91 Å². The third kappa shape index (κ3) is 3.97. The van der Waals surface area contributed by atoms with Gasteiger partial charge in [0.25, 0.3) is 5.91 Å². The maximum Gasteiger partial charge on any atom is 0.331 e. The lowest BCUT2D eigenvalue weighted by molar-refractivity contribution is -0.149. The minimum absolute atomic E-state index is 0.192. The lowest BCUT2D eigenvalue weighted by atomic mass is 10.1. The zero-order valence-electron chi connectivity index (χ0n) is 14.4. The number of anilines is 1. The van der Waals surface area contributed by atoms with E-state index in [0.29, 0.717) is 6.54 Å². The molecule has 0 radical (unpaired) electrons. The van der Waals surface area contributed by atoms with Crippen molar-refractivity contribution in [1.29, 1.82) is 0 Å². The van der Waals surface area contributed by atoms with Crippen molar-refractivity contribution >= 4 is 23.6 Å². The Morgan fingerprint density at radius 1 is 1.16 bits per heavy atom. The predicted octanol–water partition coefficient (Wildman–Crippen LogP) is 3.53. The number of esters is 1. The SMILES string of the molecule is Cc1cccc(/C=C/C(=O)O[C@@H](C)C(=O)N2CCc3ccccc32)c1. The summed E-state index contributed by atoms with van der Waals surface area (Å²) in [5.74, 6) is -0.711. The van der Waals surface area contributed by atoms with E-state index in [0.717, 1.165) is 28.8 Å². The molecule has 0 aromatic heterocycles. The number of hydrogen-bond acceptors (Lipinski definition) is 3. The van der Waals surface area contributed by atoms with Crippen LogP contribution in [0.4, 0.5) is 5.69 Å². The first kappa shape index (κ1) is 17.0. The average molecular weight is 335 g/mol. The minimum Gasteiger partial charge on any atom is -0.449 e. The highest BCUT2D eigenvalue weighted by Gasteiger charge is 2.29. The number of fused-ring (bicyclic) bond motifs is 1. The summed E-state index contributed by atoms with van der Waals surface area (Å²) in [6, 6.07) is 15.6. The highest BCUT2D eigenvalue weighted by atomic mass is 16.5. The van der Waals surface area contributed by atoms with Gasteiger partial charge >= 0.3 is 5.97 Å². The van der Waals surface area contributed by atoms with E-state index in [9.17, 15) is 9.59 Å². The number of rotatable bonds is 4. The van der Waals surface area contributed by atoms with Crippen molar-refractivity contribution in [3.8, 4) is 0 Å². The molecule has 1 amide bonds. The van der Waals surface area contributed by atoms with Gasteiger partial charge in [0.1, 0.15) is 0 Å². The van der Waals surface area contributed by atoms with Gasteiger partial charge in [-0.2, -0.15) is 0 Å². The van der Waals surface area contributed by atoms with Gasteiger partial charge in [0.05, 0.1) is 0 Å². The van der Waals surface area contributed by atoms with E-state index in [1.165, 1.54) is 6.08 Å². The van der Waals surface area contributed by atoms with Crippen molar-refractivity contribution in [3.63, 3.8) is 0 Å². The molecule has 0 aliphatic carbocycles. The number of nitrogens with zero attached hydrogens (tertiary/aromatic N) is 1. The van der Waals surface area contributed by atoms with Gasteiger partial charge in [-0.1, -0.05) is 48.0 Å². The summed E-state index contributed by atoms with van der Waals surface area (Å²) < 4.78 is 5.27. The number of ether oxygens (including phenoxy) is 1. The Hall–Kier alpha value is -2.88. The Morgan fingerprint density at radius 3 is 2.76 bits per heavy atom. The van der Waals surface area contributed by atoms with Crippen LogP contribution in [-0.4, -0.2) is 24.5 Å². The number of amides is 1. The second-order valence-electron chi connectivity index (χ2n) is 6.20. The molecule has 0 fully saturated rings. The lowest BCUT2D eigenvalue weighted by Gasteiger charge is -2.21. The largest absolute Gasteiger partial charge is 0.449 e. The second-order valence-corrected chi connectivity index (χ2v) is 6.20. The third-order valence-corrected chi connectivity index (χ3v) is 4.25. The fourth-order valence-electron chi connectivity index (χ4n) is 2.99. The van der Waals surface area contributed by atoms with E-state index >= 15 is 0 Å². The Bertz CT molecular complexity index is 825. The van der Waals surface area contributed by atoms with Crippen molar-refractivity contribution in [2.24, 2.45) is 0 Å². The van der Waals surface area contributed by atoms with E-state index in [1.807, 2.05) is 55.5 Å². The number of aryl methyl sites for hydroxylation is 1. The molecular weight excluding hydrogens is 314 g/mol. The van der Waals surface area contributed by atoms with Crippen LogP contribution in [0, 0.1) is 6.92 Å². The molecule has 2 aromatic carbocycles. The molecule has 1 heterocycles. The monoisotopic (exact) mass is 335 g/mol. The number of hydrogen-bond donors (Lipinski definition) is 0. The van der Waals surface area contributed by atoms with Crippen molar-refractivity contribution in [2.45, 2.75) is 26.4 Å². The quantitative estimate of drug-likeness (QED) is 0.634. The summed E-state index contributed by atoms with van der Waals surface area (Å²) in [4.78, 5) is 26.3. The first-order valence-corrected chi connectivity index (χ1v) is 8.39. The Kier molecular flexibility index (Phi) is 4.98. The average Bonchev–Trinajstić information content (AvgIpc) is 3.03. The Labute approximate surface area is 147 Å². The summed E-state index contributed by atoms with van der Waals surface area (Å²) in [7, 11) is 0. The predicted molar refractivity (Wildman–Crippen MR) is 98.3 cm³/mol. The number of carbonyl (C=O) groups is 2. The first-order valence-electron chi connectivity index (χ1n) is 8.39. The molecule has 0 saturated heterocycles. The Morgan fingerprint density at radius 2 is 1.96 bits per heavy atom. The smallest absolute Gasteiger partial charge is 0.331 e. The van der Waals surface area contributed by atoms with Gasteiger partial charge < -0.3 is 9.64 Å². The van der Waals surface area contributed by atoms with E-state index < -0.39 is 12.1 Å². The fourth-order valence-corrected chi connectivity index (χ4v) is 2.99. The van der Waals surface area contributed by atoms with Crippen molar-refractivity contribution in [3.05, 3.63) is 71.3 Å². The summed E-state index contributed by atoms with van der Waals surface area (Å²) in [6.07, 6.45) is 3.06. The molecule has 0 bridgehead atoms. The van der Waals surface area contributed by atoms with Crippen LogP contribution < -0.4 is 4.90 Å². The molecule has 4 nitrogen and oxygen atoms in total. The zero-order chi connectivity index (χ0) is 17.8. The standard InChI is InChI=1S/C21H21NO3/c1-15-6-5-7-17(14-15)10-11-20(23)25-16(2)21(24)22-13-12-18-8-3-4-9-19(18)22/h3-11,14,16H,12-13H2,1-2H3/b11-10+/t16-/m0/s1. The molecule has 3 rings (SSSR count). The van der Waals surface area contributed by atoms with Crippen LogP contribution in [0.25, 0.3) is 6.08 Å². The zero-order valence-corrected chi connectivity index (χ0v) is 14.4. The second kappa shape index (κ2) is 7.34. The number of para-hydroxylation sites is 1. The maximum atomic E-state index is 12.6. The van der Waals surface area contributed by atoms with Crippen LogP contribution in [0.5, 0.6) is 0 Å². The highest BCUT2D eigenvalue weighted by Crippen LogP contribution is 2.28. The van der Waals surface area contributed by atoms with Gasteiger partial charge in [0, 0.05) is 18.3 Å². The van der Waals surface area contributed by atoms with Crippen LogP contribution in [0.1, 0.15) is 23.6 Å². The van der Waals surface area contributed by atoms with Crippen LogP contribution in [0.15, 0.2) is 54.6 Å². The third-order valence-electron chi connectivity index (χ3n) is 4.25. The Balaban J connectivity index is 1.61. The van der Waals surface area contributed by atoms with Crippen molar-refractivity contribution < 1.29 is 14.3 Å². The van der Waals surface area contributed by atoms with Gasteiger partial charge in [0.2, 0.25) is 0 Å².